The first-order chi connectivity index (χ1) is 11.7. The van der Waals surface area contributed by atoms with Gasteiger partial charge in [-0.25, -0.2) is 4.79 Å². The molecular weight excluding hydrogens is 308 g/mol. The van der Waals surface area contributed by atoms with Gasteiger partial charge in [0, 0.05) is 12.5 Å². The quantitative estimate of drug-likeness (QED) is 0.762. The maximum Gasteiger partial charge on any atom is 0.338 e. The summed E-state index contributed by atoms with van der Waals surface area (Å²) in [6.07, 6.45) is 0.836. The van der Waals surface area contributed by atoms with E-state index in [1.807, 2.05) is 30.3 Å². The molecule has 1 unspecified atom stereocenters. The summed E-state index contributed by atoms with van der Waals surface area (Å²) in [4.78, 5) is 11.9. The SMILES string of the molecule is COC(=O)c1cc(OCc2ccccc2)cc(OC2CCOC2)c1. The number of methoxy groups -OCH3 is 1. The first kappa shape index (κ1) is 16.3. The Balaban J connectivity index is 1.76. The van der Waals surface area contributed by atoms with Gasteiger partial charge >= 0.3 is 5.97 Å². The molecule has 1 saturated heterocycles. The van der Waals surface area contributed by atoms with Gasteiger partial charge in [-0.3, -0.25) is 0 Å². The monoisotopic (exact) mass is 328 g/mol. The standard InChI is InChI=1S/C19H20O5/c1-21-19(20)15-9-17(23-12-14-5-3-2-4-6-14)11-18(10-15)24-16-7-8-22-13-16/h2-6,9-11,16H,7-8,12-13H2,1H3. The van der Waals surface area contributed by atoms with E-state index in [9.17, 15) is 4.79 Å². The van der Waals surface area contributed by atoms with E-state index in [2.05, 4.69) is 0 Å². The van der Waals surface area contributed by atoms with Gasteiger partial charge in [-0.05, 0) is 17.7 Å². The van der Waals surface area contributed by atoms with Crippen molar-refractivity contribution in [1.29, 1.82) is 0 Å². The lowest BCUT2D eigenvalue weighted by atomic mass is 10.2. The lowest BCUT2D eigenvalue weighted by Crippen LogP contribution is -2.16. The Bertz CT molecular complexity index is 677. The van der Waals surface area contributed by atoms with Gasteiger partial charge in [0.25, 0.3) is 0 Å². The minimum absolute atomic E-state index is 0.000120. The number of benzene rings is 2. The molecule has 0 radical (unpaired) electrons. The molecule has 0 aromatic heterocycles. The average molecular weight is 328 g/mol. The number of esters is 1. The van der Waals surface area contributed by atoms with Gasteiger partial charge < -0.3 is 18.9 Å². The summed E-state index contributed by atoms with van der Waals surface area (Å²) in [5, 5.41) is 0. The van der Waals surface area contributed by atoms with Crippen LogP contribution in [0.25, 0.3) is 0 Å². The molecule has 1 heterocycles. The molecule has 0 aliphatic carbocycles. The Morgan fingerprint density at radius 3 is 2.67 bits per heavy atom. The maximum atomic E-state index is 11.9. The van der Waals surface area contributed by atoms with Crippen LogP contribution in [0.1, 0.15) is 22.3 Å². The van der Waals surface area contributed by atoms with E-state index in [0.717, 1.165) is 12.0 Å². The Morgan fingerprint density at radius 2 is 1.96 bits per heavy atom. The highest BCUT2D eigenvalue weighted by Crippen LogP contribution is 2.26. The summed E-state index contributed by atoms with van der Waals surface area (Å²) in [5.74, 6) is 0.722. The summed E-state index contributed by atoms with van der Waals surface area (Å²) < 4.78 is 21.8. The molecule has 5 heteroatoms. The van der Waals surface area contributed by atoms with Crippen molar-refractivity contribution in [3.05, 3.63) is 59.7 Å². The predicted octanol–water partition coefficient (Wildman–Crippen LogP) is 3.22. The average Bonchev–Trinajstić information content (AvgIpc) is 3.13. The molecule has 3 rings (SSSR count). The summed E-state index contributed by atoms with van der Waals surface area (Å²) in [5.41, 5.74) is 1.45. The van der Waals surface area contributed by atoms with Crippen LogP contribution in [-0.2, 0) is 16.1 Å². The fourth-order valence-electron chi connectivity index (χ4n) is 2.50. The Labute approximate surface area is 141 Å². The van der Waals surface area contributed by atoms with Crippen LogP contribution in [0.15, 0.2) is 48.5 Å². The second-order valence-electron chi connectivity index (χ2n) is 5.56. The fourth-order valence-corrected chi connectivity index (χ4v) is 2.50. The third-order valence-electron chi connectivity index (χ3n) is 3.74. The molecule has 24 heavy (non-hydrogen) atoms. The Hall–Kier alpha value is -2.53. The van der Waals surface area contributed by atoms with Crippen LogP contribution in [0.3, 0.4) is 0 Å². The highest BCUT2D eigenvalue weighted by atomic mass is 16.5. The van der Waals surface area contributed by atoms with E-state index < -0.39 is 5.97 Å². The molecule has 0 saturated carbocycles. The van der Waals surface area contributed by atoms with Crippen molar-refractivity contribution in [2.75, 3.05) is 20.3 Å². The maximum absolute atomic E-state index is 11.9. The predicted molar refractivity (Wildman–Crippen MR) is 88.4 cm³/mol. The van der Waals surface area contributed by atoms with Crippen molar-refractivity contribution < 1.29 is 23.7 Å². The van der Waals surface area contributed by atoms with E-state index >= 15 is 0 Å². The van der Waals surface area contributed by atoms with Gasteiger partial charge in [-0.2, -0.15) is 0 Å². The van der Waals surface area contributed by atoms with Crippen LogP contribution in [0.2, 0.25) is 0 Å². The van der Waals surface area contributed by atoms with Crippen molar-refractivity contribution in [1.82, 2.24) is 0 Å². The van der Waals surface area contributed by atoms with Crippen molar-refractivity contribution in [3.8, 4) is 11.5 Å². The molecule has 0 bridgehead atoms. The lowest BCUT2D eigenvalue weighted by molar-refractivity contribution is 0.0599. The van der Waals surface area contributed by atoms with Crippen LogP contribution in [0.5, 0.6) is 11.5 Å². The number of hydrogen-bond donors (Lipinski definition) is 0. The van der Waals surface area contributed by atoms with Crippen LogP contribution < -0.4 is 9.47 Å². The summed E-state index contributed by atoms with van der Waals surface area (Å²) in [6, 6.07) is 14.9. The molecule has 1 aliphatic rings. The van der Waals surface area contributed by atoms with E-state index in [0.29, 0.717) is 36.9 Å². The molecule has 0 spiro atoms. The van der Waals surface area contributed by atoms with Crippen LogP contribution >= 0.6 is 0 Å². The van der Waals surface area contributed by atoms with Gasteiger partial charge in [0.1, 0.15) is 24.2 Å². The van der Waals surface area contributed by atoms with Crippen LogP contribution in [0, 0.1) is 0 Å². The molecule has 2 aromatic rings. The molecule has 5 nitrogen and oxygen atoms in total. The highest BCUT2D eigenvalue weighted by Gasteiger charge is 2.19. The zero-order chi connectivity index (χ0) is 16.8. The van der Waals surface area contributed by atoms with Crippen molar-refractivity contribution in [2.45, 2.75) is 19.1 Å². The third-order valence-corrected chi connectivity index (χ3v) is 3.74. The summed E-state index contributed by atoms with van der Waals surface area (Å²) in [7, 11) is 1.35. The van der Waals surface area contributed by atoms with Gasteiger partial charge in [0.15, 0.2) is 0 Å². The first-order valence-corrected chi connectivity index (χ1v) is 7.89. The van der Waals surface area contributed by atoms with Crippen molar-refractivity contribution in [2.24, 2.45) is 0 Å². The van der Waals surface area contributed by atoms with Gasteiger partial charge in [0.05, 0.1) is 25.9 Å². The highest BCUT2D eigenvalue weighted by molar-refractivity contribution is 5.90. The number of ether oxygens (including phenoxy) is 4. The molecule has 1 aliphatic heterocycles. The minimum Gasteiger partial charge on any atom is -0.489 e. The van der Waals surface area contributed by atoms with E-state index in [4.69, 9.17) is 18.9 Å². The smallest absolute Gasteiger partial charge is 0.338 e. The second kappa shape index (κ2) is 7.84. The Morgan fingerprint density at radius 1 is 1.17 bits per heavy atom. The van der Waals surface area contributed by atoms with Crippen molar-refractivity contribution >= 4 is 5.97 Å². The number of hydrogen-bond acceptors (Lipinski definition) is 5. The molecular formula is C19H20O5. The summed E-state index contributed by atoms with van der Waals surface area (Å²) >= 11 is 0. The molecule has 1 fully saturated rings. The first-order valence-electron chi connectivity index (χ1n) is 7.89. The Kier molecular flexibility index (Phi) is 5.33. The minimum atomic E-state index is -0.423. The molecule has 1 atom stereocenters. The van der Waals surface area contributed by atoms with Crippen LogP contribution in [-0.4, -0.2) is 32.4 Å². The zero-order valence-corrected chi connectivity index (χ0v) is 13.6. The van der Waals surface area contributed by atoms with Crippen molar-refractivity contribution in [3.63, 3.8) is 0 Å². The van der Waals surface area contributed by atoms with E-state index in [-0.39, 0.29) is 6.10 Å². The molecule has 126 valence electrons. The topological polar surface area (TPSA) is 54.0 Å². The van der Waals surface area contributed by atoms with E-state index in [1.54, 1.807) is 18.2 Å². The normalized spacial score (nSPS) is 16.6. The lowest BCUT2D eigenvalue weighted by Gasteiger charge is -2.15. The van der Waals surface area contributed by atoms with E-state index in [1.165, 1.54) is 7.11 Å². The second-order valence-corrected chi connectivity index (χ2v) is 5.56. The summed E-state index contributed by atoms with van der Waals surface area (Å²) in [6.45, 7) is 1.67. The third kappa shape index (κ3) is 4.26. The van der Waals surface area contributed by atoms with Gasteiger partial charge in [-0.15, -0.1) is 0 Å². The number of carbonyl (C=O) groups is 1. The number of carbonyl (C=O) groups excluding carboxylic acids is 1. The molecule has 0 amide bonds. The van der Waals surface area contributed by atoms with Gasteiger partial charge in [-0.1, -0.05) is 30.3 Å². The largest absolute Gasteiger partial charge is 0.489 e. The fraction of sp³-hybridized carbons (Fsp3) is 0.316. The molecule has 0 N–H and O–H groups in total. The van der Waals surface area contributed by atoms with Crippen LogP contribution in [0.4, 0.5) is 0 Å². The van der Waals surface area contributed by atoms with Gasteiger partial charge in [0.2, 0.25) is 0 Å². The molecule has 2 aromatic carbocycles. The number of rotatable bonds is 6. The zero-order valence-electron chi connectivity index (χ0n) is 13.6.